The lowest BCUT2D eigenvalue weighted by Crippen LogP contribution is -2.16. The molecule has 0 aliphatic carbocycles. The molecule has 2 N–H and O–H groups in total. The van der Waals surface area contributed by atoms with E-state index in [1.54, 1.807) is 31.2 Å². The summed E-state index contributed by atoms with van der Waals surface area (Å²) in [4.78, 5) is 23.7. The van der Waals surface area contributed by atoms with Gasteiger partial charge in [-0.1, -0.05) is 32.9 Å². The van der Waals surface area contributed by atoms with Gasteiger partial charge >= 0.3 is 5.97 Å². The number of carbonyl (C=O) groups excluding carboxylic acids is 2. The van der Waals surface area contributed by atoms with Crippen LogP contribution in [0.4, 0.5) is 11.4 Å². The third-order valence-electron chi connectivity index (χ3n) is 4.11. The van der Waals surface area contributed by atoms with E-state index in [0.29, 0.717) is 30.8 Å². The van der Waals surface area contributed by atoms with E-state index in [1.165, 1.54) is 5.56 Å². The largest absolute Gasteiger partial charge is 0.462 e. The molecule has 0 aliphatic rings. The van der Waals surface area contributed by atoms with E-state index in [-0.39, 0.29) is 17.3 Å². The molecule has 27 heavy (non-hydrogen) atoms. The molecule has 0 saturated heterocycles. The predicted octanol–water partition coefficient (Wildman–Crippen LogP) is 4.60. The minimum atomic E-state index is -0.364. The van der Waals surface area contributed by atoms with Crippen molar-refractivity contribution in [3.63, 3.8) is 0 Å². The highest BCUT2D eigenvalue weighted by atomic mass is 16.5. The van der Waals surface area contributed by atoms with Crippen molar-refractivity contribution < 1.29 is 14.3 Å². The Morgan fingerprint density at radius 2 is 1.52 bits per heavy atom. The highest BCUT2D eigenvalue weighted by Crippen LogP contribution is 2.23. The third kappa shape index (κ3) is 6.44. The van der Waals surface area contributed by atoms with Crippen molar-refractivity contribution in [2.75, 3.05) is 23.8 Å². The Balaban J connectivity index is 1.78. The van der Waals surface area contributed by atoms with E-state index in [9.17, 15) is 9.59 Å². The molecule has 0 fully saturated rings. The number of hydrogen-bond acceptors (Lipinski definition) is 4. The zero-order valence-corrected chi connectivity index (χ0v) is 16.5. The first-order chi connectivity index (χ1) is 12.8. The quantitative estimate of drug-likeness (QED) is 0.701. The number of nitrogens with one attached hydrogen (secondary N) is 2. The van der Waals surface area contributed by atoms with Crippen molar-refractivity contribution in [3.05, 3.63) is 59.7 Å². The summed E-state index contributed by atoms with van der Waals surface area (Å²) in [5.74, 6) is -0.449. The topological polar surface area (TPSA) is 67.4 Å². The smallest absolute Gasteiger partial charge is 0.338 e. The fourth-order valence-corrected chi connectivity index (χ4v) is 2.54. The minimum absolute atomic E-state index is 0.0855. The van der Waals surface area contributed by atoms with Gasteiger partial charge in [0.15, 0.2) is 0 Å². The van der Waals surface area contributed by atoms with E-state index in [1.807, 2.05) is 12.1 Å². The number of ether oxygens (including phenoxy) is 1. The molecule has 2 rings (SSSR count). The average molecular weight is 368 g/mol. The van der Waals surface area contributed by atoms with Crippen LogP contribution in [0.3, 0.4) is 0 Å². The molecule has 0 aromatic heterocycles. The van der Waals surface area contributed by atoms with Crippen LogP contribution in [0.15, 0.2) is 48.5 Å². The van der Waals surface area contributed by atoms with Gasteiger partial charge in [0.2, 0.25) is 5.91 Å². The predicted molar refractivity (Wildman–Crippen MR) is 109 cm³/mol. The number of esters is 1. The zero-order valence-electron chi connectivity index (χ0n) is 16.5. The normalized spacial score (nSPS) is 11.0. The van der Waals surface area contributed by atoms with Gasteiger partial charge in [-0.15, -0.1) is 0 Å². The van der Waals surface area contributed by atoms with Crippen LogP contribution in [0.5, 0.6) is 0 Å². The molecule has 5 nitrogen and oxygen atoms in total. The summed E-state index contributed by atoms with van der Waals surface area (Å²) in [7, 11) is 0. The second kappa shape index (κ2) is 9.21. The summed E-state index contributed by atoms with van der Waals surface area (Å²) in [6, 6.07) is 15.0. The highest BCUT2D eigenvalue weighted by molar-refractivity contribution is 5.93. The fourth-order valence-electron chi connectivity index (χ4n) is 2.54. The van der Waals surface area contributed by atoms with Gasteiger partial charge in [0.25, 0.3) is 0 Å². The molecule has 0 saturated carbocycles. The Bertz CT molecular complexity index is 760. The molecule has 0 radical (unpaired) electrons. The minimum Gasteiger partial charge on any atom is -0.462 e. The first-order valence-electron chi connectivity index (χ1n) is 9.21. The third-order valence-corrected chi connectivity index (χ3v) is 4.11. The molecule has 1 amide bonds. The number of rotatable bonds is 7. The van der Waals surface area contributed by atoms with Crippen LogP contribution in [0, 0.1) is 0 Å². The van der Waals surface area contributed by atoms with Crippen molar-refractivity contribution in [2.24, 2.45) is 0 Å². The first-order valence-corrected chi connectivity index (χ1v) is 9.21. The lowest BCUT2D eigenvalue weighted by Gasteiger charge is -2.19. The molecular formula is C22H28N2O3. The summed E-state index contributed by atoms with van der Waals surface area (Å²) in [5, 5.41) is 6.08. The van der Waals surface area contributed by atoms with Gasteiger partial charge in [0.1, 0.15) is 0 Å². The molecule has 0 heterocycles. The van der Waals surface area contributed by atoms with Gasteiger partial charge < -0.3 is 15.4 Å². The van der Waals surface area contributed by atoms with Gasteiger partial charge in [-0.25, -0.2) is 4.79 Å². The first kappa shape index (κ1) is 20.5. The van der Waals surface area contributed by atoms with Gasteiger partial charge in [0.05, 0.1) is 12.2 Å². The summed E-state index contributed by atoms with van der Waals surface area (Å²) in [5.41, 5.74) is 3.52. The van der Waals surface area contributed by atoms with Crippen LogP contribution in [0.25, 0.3) is 0 Å². The van der Waals surface area contributed by atoms with E-state index >= 15 is 0 Å². The maximum Gasteiger partial charge on any atom is 0.338 e. The summed E-state index contributed by atoms with van der Waals surface area (Å²) in [6.45, 7) is 9.18. The van der Waals surface area contributed by atoms with Gasteiger partial charge in [-0.05, 0) is 54.3 Å². The number of benzene rings is 2. The molecule has 144 valence electrons. The Morgan fingerprint density at radius 3 is 2.07 bits per heavy atom. The molecule has 0 atom stereocenters. The van der Waals surface area contributed by atoms with Gasteiger partial charge in [-0.3, -0.25) is 4.79 Å². The molecule has 2 aromatic rings. The molecule has 0 aliphatic heterocycles. The SMILES string of the molecule is CCOC(=O)c1ccc(NC(=O)CCNc2ccc(C(C)(C)C)cc2)cc1. The Morgan fingerprint density at radius 1 is 0.926 bits per heavy atom. The van der Waals surface area contributed by atoms with Crippen molar-refractivity contribution >= 4 is 23.3 Å². The second-order valence-electron chi connectivity index (χ2n) is 7.35. The van der Waals surface area contributed by atoms with Gasteiger partial charge in [0, 0.05) is 24.3 Å². The van der Waals surface area contributed by atoms with Crippen LogP contribution in [0.1, 0.15) is 50.0 Å². The molecular weight excluding hydrogens is 340 g/mol. The molecule has 0 bridgehead atoms. The van der Waals surface area contributed by atoms with Crippen molar-refractivity contribution in [1.82, 2.24) is 0 Å². The van der Waals surface area contributed by atoms with Crippen molar-refractivity contribution in [1.29, 1.82) is 0 Å². The van der Waals surface area contributed by atoms with Crippen LogP contribution in [-0.2, 0) is 14.9 Å². The van der Waals surface area contributed by atoms with Gasteiger partial charge in [-0.2, -0.15) is 0 Å². The van der Waals surface area contributed by atoms with Crippen molar-refractivity contribution in [3.8, 4) is 0 Å². The monoisotopic (exact) mass is 368 g/mol. The number of hydrogen-bond donors (Lipinski definition) is 2. The highest BCUT2D eigenvalue weighted by Gasteiger charge is 2.12. The van der Waals surface area contributed by atoms with Crippen LogP contribution < -0.4 is 10.6 Å². The van der Waals surface area contributed by atoms with Crippen LogP contribution >= 0.6 is 0 Å². The maximum absolute atomic E-state index is 12.1. The average Bonchev–Trinajstić information content (AvgIpc) is 2.62. The summed E-state index contributed by atoms with van der Waals surface area (Å²) in [6.07, 6.45) is 0.348. The van der Waals surface area contributed by atoms with Crippen LogP contribution in [-0.4, -0.2) is 25.0 Å². The van der Waals surface area contributed by atoms with E-state index in [4.69, 9.17) is 4.74 Å². The standard InChI is InChI=1S/C22H28N2O3/c1-5-27-21(26)16-6-10-19(11-7-16)24-20(25)14-15-23-18-12-8-17(9-13-18)22(2,3)4/h6-13,23H,5,14-15H2,1-4H3,(H,24,25). The van der Waals surface area contributed by atoms with E-state index in [0.717, 1.165) is 5.69 Å². The molecule has 5 heteroatoms. The summed E-state index contributed by atoms with van der Waals surface area (Å²) >= 11 is 0. The number of anilines is 2. The number of amides is 1. The number of carbonyl (C=O) groups is 2. The Hall–Kier alpha value is -2.82. The fraction of sp³-hybridized carbons (Fsp3) is 0.364. The lowest BCUT2D eigenvalue weighted by molar-refractivity contribution is -0.115. The lowest BCUT2D eigenvalue weighted by atomic mass is 9.87. The molecule has 0 unspecified atom stereocenters. The molecule has 2 aromatic carbocycles. The second-order valence-corrected chi connectivity index (χ2v) is 7.35. The summed E-state index contributed by atoms with van der Waals surface area (Å²) < 4.78 is 4.94. The Kier molecular flexibility index (Phi) is 6.99. The van der Waals surface area contributed by atoms with E-state index in [2.05, 4.69) is 43.5 Å². The van der Waals surface area contributed by atoms with Crippen LogP contribution in [0.2, 0.25) is 0 Å². The molecule has 0 spiro atoms. The van der Waals surface area contributed by atoms with Crippen molar-refractivity contribution in [2.45, 2.75) is 39.5 Å². The van der Waals surface area contributed by atoms with E-state index < -0.39 is 0 Å². The zero-order chi connectivity index (χ0) is 19.9. The maximum atomic E-state index is 12.1. The Labute approximate surface area is 161 Å².